The lowest BCUT2D eigenvalue weighted by atomic mass is 10.2. The highest BCUT2D eigenvalue weighted by Gasteiger charge is 2.34. The van der Waals surface area contributed by atoms with Crippen molar-refractivity contribution >= 4 is 11.6 Å². The van der Waals surface area contributed by atoms with E-state index in [4.69, 9.17) is 9.15 Å². The maximum atomic E-state index is 12.9. The van der Waals surface area contributed by atoms with E-state index in [0.717, 1.165) is 16.3 Å². The summed E-state index contributed by atoms with van der Waals surface area (Å²) in [7, 11) is 1.61. The van der Waals surface area contributed by atoms with Crippen LogP contribution in [0.2, 0.25) is 0 Å². The fraction of sp³-hybridized carbons (Fsp3) is 0.450. The van der Waals surface area contributed by atoms with Gasteiger partial charge in [-0.15, -0.1) is 0 Å². The summed E-state index contributed by atoms with van der Waals surface area (Å²) in [5, 5.41) is 0. The van der Waals surface area contributed by atoms with Gasteiger partial charge in [0.1, 0.15) is 18.1 Å². The van der Waals surface area contributed by atoms with Gasteiger partial charge in [0.25, 0.3) is 0 Å². The molecule has 0 atom stereocenters. The Labute approximate surface area is 167 Å². The summed E-state index contributed by atoms with van der Waals surface area (Å²) in [4.78, 5) is 17.4. The number of furan rings is 1. The molecule has 1 saturated heterocycles. The SMILES string of the molecule is COc1ccccc1N1CCN(CC(=O)N(Cc2ccco2)CC(F)(F)F)CC1. The summed E-state index contributed by atoms with van der Waals surface area (Å²) in [5.41, 5.74) is 0.970. The molecule has 6 nitrogen and oxygen atoms in total. The second kappa shape index (κ2) is 9.21. The minimum atomic E-state index is -4.47. The molecule has 0 spiro atoms. The van der Waals surface area contributed by atoms with E-state index >= 15 is 0 Å². The number of rotatable bonds is 7. The first-order valence-corrected chi connectivity index (χ1v) is 9.33. The number of carbonyl (C=O) groups excluding carboxylic acids is 1. The van der Waals surface area contributed by atoms with Gasteiger partial charge in [-0.2, -0.15) is 13.2 Å². The molecule has 9 heteroatoms. The Kier molecular flexibility index (Phi) is 6.68. The molecule has 0 unspecified atom stereocenters. The summed E-state index contributed by atoms with van der Waals surface area (Å²) in [6.45, 7) is 0.905. The van der Waals surface area contributed by atoms with Gasteiger partial charge in [-0.25, -0.2) is 0 Å². The first kappa shape index (κ1) is 21.0. The van der Waals surface area contributed by atoms with Gasteiger partial charge in [0.15, 0.2) is 0 Å². The number of ether oxygens (including phenoxy) is 1. The Balaban J connectivity index is 1.58. The van der Waals surface area contributed by atoms with Gasteiger partial charge >= 0.3 is 6.18 Å². The fourth-order valence-corrected chi connectivity index (χ4v) is 3.37. The molecule has 158 valence electrons. The van der Waals surface area contributed by atoms with E-state index in [0.29, 0.717) is 31.9 Å². The van der Waals surface area contributed by atoms with Crippen LogP contribution in [0, 0.1) is 0 Å². The second-order valence-corrected chi connectivity index (χ2v) is 6.88. The van der Waals surface area contributed by atoms with Crippen LogP contribution in [0.25, 0.3) is 0 Å². The van der Waals surface area contributed by atoms with Crippen molar-refractivity contribution < 1.29 is 27.1 Å². The molecule has 1 aliphatic heterocycles. The van der Waals surface area contributed by atoms with E-state index < -0.39 is 18.6 Å². The summed E-state index contributed by atoms with van der Waals surface area (Å²) >= 11 is 0. The summed E-state index contributed by atoms with van der Waals surface area (Å²) in [6.07, 6.45) is -3.09. The number of nitrogens with zero attached hydrogens (tertiary/aromatic N) is 3. The summed E-state index contributed by atoms with van der Waals surface area (Å²) in [6, 6.07) is 10.8. The van der Waals surface area contributed by atoms with E-state index in [1.807, 2.05) is 29.2 Å². The maximum absolute atomic E-state index is 12.9. The van der Waals surface area contributed by atoms with Crippen molar-refractivity contribution in [3.8, 4) is 5.75 Å². The number of alkyl halides is 3. The zero-order valence-corrected chi connectivity index (χ0v) is 16.2. The highest BCUT2D eigenvalue weighted by Crippen LogP contribution is 2.28. The van der Waals surface area contributed by atoms with Crippen LogP contribution in [0.4, 0.5) is 18.9 Å². The maximum Gasteiger partial charge on any atom is 0.406 e. The van der Waals surface area contributed by atoms with Gasteiger partial charge in [0.05, 0.1) is 32.1 Å². The topological polar surface area (TPSA) is 49.2 Å². The Morgan fingerprint density at radius 1 is 1.14 bits per heavy atom. The number of methoxy groups -OCH3 is 1. The van der Waals surface area contributed by atoms with Crippen molar-refractivity contribution in [2.45, 2.75) is 12.7 Å². The highest BCUT2D eigenvalue weighted by atomic mass is 19.4. The van der Waals surface area contributed by atoms with E-state index in [2.05, 4.69) is 4.90 Å². The first-order valence-electron chi connectivity index (χ1n) is 9.33. The molecule has 0 N–H and O–H groups in total. The average molecular weight is 411 g/mol. The fourth-order valence-electron chi connectivity index (χ4n) is 3.37. The number of carbonyl (C=O) groups is 1. The van der Waals surface area contributed by atoms with E-state index in [1.54, 1.807) is 19.2 Å². The van der Waals surface area contributed by atoms with Gasteiger partial charge < -0.3 is 19.0 Å². The summed E-state index contributed by atoms with van der Waals surface area (Å²) in [5.74, 6) is 0.528. The Morgan fingerprint density at radius 3 is 2.48 bits per heavy atom. The number of benzene rings is 1. The van der Waals surface area contributed by atoms with Crippen molar-refractivity contribution in [2.75, 3.05) is 51.3 Å². The third-order valence-corrected chi connectivity index (χ3v) is 4.81. The van der Waals surface area contributed by atoms with Crippen LogP contribution < -0.4 is 9.64 Å². The first-order chi connectivity index (χ1) is 13.9. The van der Waals surface area contributed by atoms with Gasteiger partial charge in [-0.05, 0) is 24.3 Å². The minimum Gasteiger partial charge on any atom is -0.495 e. The number of hydrogen-bond acceptors (Lipinski definition) is 5. The smallest absolute Gasteiger partial charge is 0.406 e. The standard InChI is InChI=1S/C20H24F3N3O3/c1-28-18-7-3-2-6-17(18)25-10-8-24(9-11-25)14-19(27)26(15-20(21,22)23)13-16-5-4-12-29-16/h2-7,12H,8-11,13-15H2,1H3. The molecular formula is C20H24F3N3O3. The van der Waals surface area contributed by atoms with Gasteiger partial charge in [0.2, 0.25) is 5.91 Å². The number of halogens is 3. The zero-order valence-electron chi connectivity index (χ0n) is 16.2. The van der Waals surface area contributed by atoms with Crippen LogP contribution >= 0.6 is 0 Å². The number of para-hydroxylation sites is 2. The Morgan fingerprint density at radius 2 is 1.86 bits per heavy atom. The third-order valence-electron chi connectivity index (χ3n) is 4.81. The number of anilines is 1. The largest absolute Gasteiger partial charge is 0.495 e. The molecule has 1 aliphatic rings. The molecule has 2 aromatic rings. The van der Waals surface area contributed by atoms with Gasteiger partial charge in [-0.3, -0.25) is 9.69 Å². The zero-order chi connectivity index (χ0) is 20.9. The van der Waals surface area contributed by atoms with Crippen molar-refractivity contribution in [3.05, 3.63) is 48.4 Å². The number of piperazine rings is 1. The van der Waals surface area contributed by atoms with Crippen LogP contribution in [0.15, 0.2) is 47.1 Å². The van der Waals surface area contributed by atoms with Crippen molar-refractivity contribution in [1.82, 2.24) is 9.80 Å². The third kappa shape index (κ3) is 5.90. The summed E-state index contributed by atoms with van der Waals surface area (Å²) < 4.78 is 49.3. The molecule has 2 heterocycles. The lowest BCUT2D eigenvalue weighted by Crippen LogP contribution is -2.51. The molecule has 0 saturated carbocycles. The molecule has 0 radical (unpaired) electrons. The van der Waals surface area contributed by atoms with Crippen molar-refractivity contribution in [1.29, 1.82) is 0 Å². The molecular weight excluding hydrogens is 387 g/mol. The van der Waals surface area contributed by atoms with Crippen molar-refractivity contribution in [3.63, 3.8) is 0 Å². The molecule has 1 aromatic carbocycles. The average Bonchev–Trinajstić information content (AvgIpc) is 3.20. The molecule has 1 aromatic heterocycles. The molecule has 1 amide bonds. The van der Waals surface area contributed by atoms with E-state index in [-0.39, 0.29) is 13.1 Å². The van der Waals surface area contributed by atoms with Crippen LogP contribution in [0.1, 0.15) is 5.76 Å². The van der Waals surface area contributed by atoms with Crippen LogP contribution in [-0.2, 0) is 11.3 Å². The monoisotopic (exact) mass is 411 g/mol. The minimum absolute atomic E-state index is 0.0590. The Bertz CT molecular complexity index is 788. The van der Waals surface area contributed by atoms with Crippen LogP contribution in [-0.4, -0.2) is 68.3 Å². The van der Waals surface area contributed by atoms with Crippen LogP contribution in [0.5, 0.6) is 5.75 Å². The molecule has 0 bridgehead atoms. The predicted octanol–water partition coefficient (Wildman–Crippen LogP) is 3.00. The Hall–Kier alpha value is -2.68. The predicted molar refractivity (Wildman–Crippen MR) is 102 cm³/mol. The lowest BCUT2D eigenvalue weighted by molar-refractivity contribution is -0.163. The van der Waals surface area contributed by atoms with E-state index in [1.165, 1.54) is 6.26 Å². The van der Waals surface area contributed by atoms with Crippen molar-refractivity contribution in [2.24, 2.45) is 0 Å². The molecule has 1 fully saturated rings. The molecule has 3 rings (SSSR count). The highest BCUT2D eigenvalue weighted by molar-refractivity contribution is 5.78. The normalized spacial score (nSPS) is 15.4. The van der Waals surface area contributed by atoms with Crippen LogP contribution in [0.3, 0.4) is 0 Å². The molecule has 0 aliphatic carbocycles. The number of hydrogen-bond donors (Lipinski definition) is 0. The number of amides is 1. The van der Waals surface area contributed by atoms with E-state index in [9.17, 15) is 18.0 Å². The molecule has 29 heavy (non-hydrogen) atoms. The second-order valence-electron chi connectivity index (χ2n) is 6.88. The van der Waals surface area contributed by atoms with Gasteiger partial charge in [-0.1, -0.05) is 12.1 Å². The quantitative estimate of drug-likeness (QED) is 0.701. The lowest BCUT2D eigenvalue weighted by Gasteiger charge is -2.37. The van der Waals surface area contributed by atoms with Gasteiger partial charge in [0, 0.05) is 26.2 Å².